The van der Waals surface area contributed by atoms with E-state index >= 15 is 0 Å². The van der Waals surface area contributed by atoms with E-state index < -0.39 is 6.03 Å². The van der Waals surface area contributed by atoms with Crippen LogP contribution in [0, 0.1) is 5.92 Å². The van der Waals surface area contributed by atoms with E-state index in [1.54, 1.807) is 0 Å². The van der Waals surface area contributed by atoms with Crippen molar-refractivity contribution in [1.29, 1.82) is 0 Å². The molecule has 2 aliphatic rings. The zero-order valence-corrected chi connectivity index (χ0v) is 14.7. The average molecular weight is 344 g/mol. The number of carbonyl (C=O) groups is 2. The molecule has 0 unspecified atom stereocenters. The third-order valence-corrected chi connectivity index (χ3v) is 5.29. The first kappa shape index (κ1) is 17.6. The van der Waals surface area contributed by atoms with E-state index in [2.05, 4.69) is 34.9 Å². The highest BCUT2D eigenvalue weighted by Crippen LogP contribution is 2.29. The molecule has 0 saturated carbocycles. The quantitative estimate of drug-likeness (QED) is 0.736. The van der Waals surface area contributed by atoms with Gasteiger partial charge in [0.15, 0.2) is 0 Å². The third-order valence-electron chi connectivity index (χ3n) is 5.29. The summed E-state index contributed by atoms with van der Waals surface area (Å²) >= 11 is 0. The summed E-state index contributed by atoms with van der Waals surface area (Å²) in [5, 5.41) is 5.90. The molecule has 1 saturated heterocycles. The van der Waals surface area contributed by atoms with Crippen molar-refractivity contribution in [3.05, 3.63) is 35.4 Å². The second-order valence-electron chi connectivity index (χ2n) is 7.15. The molecule has 6 heteroatoms. The number of carbonyl (C=O) groups excluding carboxylic acids is 2. The zero-order valence-electron chi connectivity index (χ0n) is 14.7. The van der Waals surface area contributed by atoms with Gasteiger partial charge >= 0.3 is 12.1 Å². The maximum absolute atomic E-state index is 12.8. The first-order chi connectivity index (χ1) is 12.1. The summed E-state index contributed by atoms with van der Waals surface area (Å²) < 4.78 is 0. The number of rotatable bonds is 3. The van der Waals surface area contributed by atoms with Gasteiger partial charge in [0.2, 0.25) is 0 Å². The molecule has 6 nitrogen and oxygen atoms in total. The molecule has 1 fully saturated rings. The van der Waals surface area contributed by atoms with Gasteiger partial charge in [-0.05, 0) is 49.1 Å². The highest BCUT2D eigenvalue weighted by atomic mass is 16.2. The van der Waals surface area contributed by atoms with Crippen LogP contribution in [-0.2, 0) is 6.42 Å². The lowest BCUT2D eigenvalue weighted by Crippen LogP contribution is -2.48. The van der Waals surface area contributed by atoms with E-state index in [-0.39, 0.29) is 18.0 Å². The normalized spacial score (nSPS) is 23.3. The number of nitrogens with zero attached hydrogens (tertiary/aromatic N) is 1. The fourth-order valence-corrected chi connectivity index (χ4v) is 3.97. The molecule has 1 aliphatic carbocycles. The Bertz CT molecular complexity index is 619. The van der Waals surface area contributed by atoms with E-state index in [1.807, 2.05) is 4.90 Å². The van der Waals surface area contributed by atoms with Crippen molar-refractivity contribution in [2.24, 2.45) is 11.7 Å². The summed E-state index contributed by atoms with van der Waals surface area (Å²) in [5.41, 5.74) is 7.76. The number of nitrogens with one attached hydrogen (secondary N) is 2. The summed E-state index contributed by atoms with van der Waals surface area (Å²) in [7, 11) is 0. The van der Waals surface area contributed by atoms with Gasteiger partial charge in [-0.2, -0.15) is 0 Å². The van der Waals surface area contributed by atoms with Gasteiger partial charge < -0.3 is 21.3 Å². The fourth-order valence-electron chi connectivity index (χ4n) is 3.97. The number of primary amides is 1. The number of urea groups is 2. The number of amides is 4. The minimum atomic E-state index is -0.503. The Morgan fingerprint density at radius 1 is 1.16 bits per heavy atom. The maximum Gasteiger partial charge on any atom is 0.317 e. The lowest BCUT2D eigenvalue weighted by Gasteiger charge is -2.34. The van der Waals surface area contributed by atoms with E-state index in [4.69, 9.17) is 5.73 Å². The van der Waals surface area contributed by atoms with Gasteiger partial charge in [-0.1, -0.05) is 30.7 Å². The number of piperidine rings is 1. The second-order valence-corrected chi connectivity index (χ2v) is 7.15. The summed E-state index contributed by atoms with van der Waals surface area (Å²) in [6, 6.07) is 8.03. The van der Waals surface area contributed by atoms with Gasteiger partial charge in [-0.3, -0.25) is 0 Å². The summed E-state index contributed by atoms with van der Waals surface area (Å²) in [6.45, 7) is 1.97. The maximum atomic E-state index is 12.8. The first-order valence-corrected chi connectivity index (χ1v) is 9.30. The number of likely N-dealkylation sites (tertiary alicyclic amines) is 1. The van der Waals surface area contributed by atoms with Crippen molar-refractivity contribution >= 4 is 12.1 Å². The number of hydrogen-bond acceptors (Lipinski definition) is 2. The predicted octanol–water partition coefficient (Wildman–Crippen LogP) is 2.54. The molecular weight excluding hydrogens is 316 g/mol. The average Bonchev–Trinajstić information content (AvgIpc) is 2.83. The van der Waals surface area contributed by atoms with Crippen molar-refractivity contribution in [3.63, 3.8) is 0 Å². The molecule has 4 amide bonds. The van der Waals surface area contributed by atoms with Crippen LogP contribution in [0.4, 0.5) is 9.59 Å². The van der Waals surface area contributed by atoms with Crippen LogP contribution in [0.3, 0.4) is 0 Å². The van der Waals surface area contributed by atoms with Crippen LogP contribution in [-0.4, -0.2) is 36.6 Å². The Labute approximate surface area is 149 Å². The molecule has 1 aliphatic heterocycles. The van der Waals surface area contributed by atoms with Gasteiger partial charge in [0.1, 0.15) is 0 Å². The molecule has 0 spiro atoms. The molecule has 1 aromatic rings. The first-order valence-electron chi connectivity index (χ1n) is 9.30. The highest BCUT2D eigenvalue weighted by Gasteiger charge is 2.27. The van der Waals surface area contributed by atoms with Crippen LogP contribution in [0.1, 0.15) is 49.3 Å². The lowest BCUT2D eigenvalue weighted by molar-refractivity contribution is 0.161. The Balaban J connectivity index is 1.61. The molecule has 25 heavy (non-hydrogen) atoms. The standard InChI is InChI=1S/C19H28N4O2/c20-18(24)21-12-14-6-5-11-23(13-14)19(25)22-17-10-4-2-8-15-7-1-3-9-16(15)17/h1,3,7,9,14,17H,2,4-6,8,10-13H2,(H,22,25)(H3,20,21,24)/t14-,17+/m0/s1. The molecule has 3 rings (SSSR count). The topological polar surface area (TPSA) is 87.5 Å². The van der Waals surface area contributed by atoms with Gasteiger partial charge in [-0.15, -0.1) is 0 Å². The molecule has 0 bridgehead atoms. The van der Waals surface area contributed by atoms with Crippen molar-refractivity contribution in [2.75, 3.05) is 19.6 Å². The number of fused-ring (bicyclic) bond motifs is 1. The van der Waals surface area contributed by atoms with E-state index in [1.165, 1.54) is 17.5 Å². The van der Waals surface area contributed by atoms with Crippen molar-refractivity contribution in [1.82, 2.24) is 15.5 Å². The highest BCUT2D eigenvalue weighted by molar-refractivity contribution is 5.75. The van der Waals surface area contributed by atoms with Crippen LogP contribution < -0.4 is 16.4 Å². The van der Waals surface area contributed by atoms with Crippen LogP contribution in [0.5, 0.6) is 0 Å². The summed E-state index contributed by atoms with van der Waals surface area (Å²) in [4.78, 5) is 25.5. The van der Waals surface area contributed by atoms with E-state index in [0.29, 0.717) is 13.1 Å². The lowest BCUT2D eigenvalue weighted by atomic mass is 9.97. The Hall–Kier alpha value is -2.24. The smallest absolute Gasteiger partial charge is 0.317 e. The van der Waals surface area contributed by atoms with E-state index in [0.717, 1.165) is 38.6 Å². The van der Waals surface area contributed by atoms with Crippen molar-refractivity contribution < 1.29 is 9.59 Å². The molecule has 4 N–H and O–H groups in total. The molecule has 0 aromatic heterocycles. The van der Waals surface area contributed by atoms with Gasteiger partial charge in [0.25, 0.3) is 0 Å². The van der Waals surface area contributed by atoms with Crippen LogP contribution in [0.2, 0.25) is 0 Å². The van der Waals surface area contributed by atoms with Gasteiger partial charge in [-0.25, -0.2) is 9.59 Å². The van der Waals surface area contributed by atoms with Crippen molar-refractivity contribution in [2.45, 2.75) is 44.6 Å². The predicted molar refractivity (Wildman–Crippen MR) is 97.2 cm³/mol. The van der Waals surface area contributed by atoms with Crippen molar-refractivity contribution in [3.8, 4) is 0 Å². The minimum Gasteiger partial charge on any atom is -0.352 e. The number of hydrogen-bond donors (Lipinski definition) is 3. The van der Waals surface area contributed by atoms with E-state index in [9.17, 15) is 9.59 Å². The minimum absolute atomic E-state index is 0.00507. The largest absolute Gasteiger partial charge is 0.352 e. The monoisotopic (exact) mass is 344 g/mol. The Morgan fingerprint density at radius 3 is 2.84 bits per heavy atom. The summed E-state index contributed by atoms with van der Waals surface area (Å²) in [5.74, 6) is 0.272. The Kier molecular flexibility index (Phi) is 5.79. The number of nitrogens with two attached hydrogens (primary N) is 1. The molecule has 1 heterocycles. The van der Waals surface area contributed by atoms with Gasteiger partial charge in [0, 0.05) is 19.6 Å². The van der Waals surface area contributed by atoms with Crippen LogP contribution in [0.15, 0.2) is 24.3 Å². The molecule has 1 aromatic carbocycles. The molecule has 0 radical (unpaired) electrons. The number of aryl methyl sites for hydroxylation is 1. The number of benzene rings is 1. The molecule has 136 valence electrons. The van der Waals surface area contributed by atoms with Crippen LogP contribution in [0.25, 0.3) is 0 Å². The summed E-state index contributed by atoms with van der Waals surface area (Å²) in [6.07, 6.45) is 6.35. The Morgan fingerprint density at radius 2 is 2.00 bits per heavy atom. The fraction of sp³-hybridized carbons (Fsp3) is 0.579. The third kappa shape index (κ3) is 4.65. The molecule has 2 atom stereocenters. The second kappa shape index (κ2) is 8.23. The van der Waals surface area contributed by atoms with Gasteiger partial charge in [0.05, 0.1) is 6.04 Å². The SMILES string of the molecule is NC(=O)NC[C@@H]1CCCN(C(=O)N[C@@H]2CCCCc3ccccc32)C1. The van der Waals surface area contributed by atoms with Crippen LogP contribution >= 0.6 is 0 Å². The molecular formula is C19H28N4O2. The zero-order chi connectivity index (χ0) is 17.6.